The molecule has 0 saturated carbocycles. The van der Waals surface area contributed by atoms with Crippen molar-refractivity contribution in [2.24, 2.45) is 0 Å². The molecule has 0 rings (SSSR count). The lowest BCUT2D eigenvalue weighted by molar-refractivity contribution is 0.731. The van der Waals surface area contributed by atoms with Crippen LogP contribution in [-0.4, -0.2) is 13.4 Å². The Kier molecular flexibility index (Phi) is 21.5. The van der Waals surface area contributed by atoms with Gasteiger partial charge in [0.1, 0.15) is 13.4 Å². The molecule has 26 heavy (non-hydrogen) atoms. The van der Waals surface area contributed by atoms with Crippen LogP contribution in [0.3, 0.4) is 0 Å². The Balaban J connectivity index is 4.04. The summed E-state index contributed by atoms with van der Waals surface area (Å²) in [5, 5.41) is 0. The summed E-state index contributed by atoms with van der Waals surface area (Å²) < 4.78 is 0. The third-order valence-electron chi connectivity index (χ3n) is 6.34. The van der Waals surface area contributed by atoms with Gasteiger partial charge < -0.3 is 0 Å². The van der Waals surface area contributed by atoms with E-state index in [0.29, 0.717) is 0 Å². The molecular weight excluding hydrogens is 310 g/mol. The van der Waals surface area contributed by atoms with Gasteiger partial charge in [-0.05, 0) is 0 Å². The van der Waals surface area contributed by atoms with E-state index in [1.165, 1.54) is 128 Å². The van der Waals surface area contributed by atoms with E-state index in [9.17, 15) is 0 Å². The van der Waals surface area contributed by atoms with Crippen molar-refractivity contribution in [2.75, 3.05) is 0 Å². The van der Waals surface area contributed by atoms with Crippen LogP contribution in [0.25, 0.3) is 0 Å². The van der Waals surface area contributed by atoms with Gasteiger partial charge in [-0.25, -0.2) is 0 Å². The summed E-state index contributed by atoms with van der Waals surface area (Å²) in [6.45, 7) is 11.4. The lowest BCUT2D eigenvalue weighted by Crippen LogP contribution is -2.14. The maximum absolute atomic E-state index is 2.34. The quantitative estimate of drug-likeness (QED) is 0.141. The lowest BCUT2D eigenvalue weighted by Gasteiger charge is -2.16. The van der Waals surface area contributed by atoms with Crippen molar-refractivity contribution in [1.82, 2.24) is 0 Å². The van der Waals surface area contributed by atoms with E-state index in [1.54, 1.807) is 0 Å². The number of unbranched alkanes of at least 4 members (excludes halogenated alkanes) is 9. The Hall–Kier alpha value is 0.130. The van der Waals surface area contributed by atoms with Gasteiger partial charge in [0.05, 0.1) is 0 Å². The Bertz CT molecular complexity index is 209. The molecule has 154 valence electrons. The fraction of sp³-hybridized carbons (Fsp3) is 1.00. The van der Waals surface area contributed by atoms with Gasteiger partial charge in [0.15, 0.2) is 0 Å². The average Bonchev–Trinajstić information content (AvgIpc) is 2.64. The van der Waals surface area contributed by atoms with Gasteiger partial charge in [0.25, 0.3) is 0 Å². The zero-order valence-electron chi connectivity index (χ0n) is 19.3. The van der Waals surface area contributed by atoms with Crippen molar-refractivity contribution in [3.05, 3.63) is 0 Å². The first-order valence-electron chi connectivity index (χ1n) is 12.8. The van der Waals surface area contributed by atoms with Gasteiger partial charge >= 0.3 is 0 Å². The first-order valence-corrected chi connectivity index (χ1v) is 12.8. The number of hydrogen-bond acceptors (Lipinski definition) is 0. The van der Waals surface area contributed by atoms with Crippen LogP contribution >= 0.6 is 0 Å². The van der Waals surface area contributed by atoms with Crippen LogP contribution in [0.1, 0.15) is 118 Å². The SMILES string of the molecule is CCCCCB(CCCCC)CCCCB(CCCCC)CCCCC. The van der Waals surface area contributed by atoms with E-state index in [0.717, 1.165) is 13.4 Å². The first-order chi connectivity index (χ1) is 12.8. The molecule has 0 aromatic carbocycles. The van der Waals surface area contributed by atoms with Gasteiger partial charge in [0.2, 0.25) is 0 Å². The highest BCUT2D eigenvalue weighted by Crippen LogP contribution is 2.22. The largest absolute Gasteiger partial charge is 0.139 e. The molecule has 0 unspecified atom stereocenters. The third kappa shape index (κ3) is 17.5. The van der Waals surface area contributed by atoms with Crippen LogP contribution in [0.5, 0.6) is 0 Å². The van der Waals surface area contributed by atoms with E-state index in [2.05, 4.69) is 27.7 Å². The van der Waals surface area contributed by atoms with Crippen LogP contribution in [-0.2, 0) is 0 Å². The summed E-state index contributed by atoms with van der Waals surface area (Å²) in [5.41, 5.74) is 0. The zero-order valence-corrected chi connectivity index (χ0v) is 19.3. The molecule has 0 aliphatic carbocycles. The molecule has 0 nitrogen and oxygen atoms in total. The van der Waals surface area contributed by atoms with Crippen molar-refractivity contribution in [1.29, 1.82) is 0 Å². The second-order valence-corrected chi connectivity index (χ2v) is 9.00. The molecule has 2 heteroatoms. The minimum atomic E-state index is 1.03. The predicted molar refractivity (Wildman–Crippen MR) is 128 cm³/mol. The standard InChI is InChI=1S/C24H52B2/c1-5-9-13-19-25(20-14-10-6-2)23-17-18-24-26(21-15-11-7-3)22-16-12-8-4/h5-24H2,1-4H3. The van der Waals surface area contributed by atoms with E-state index >= 15 is 0 Å². The van der Waals surface area contributed by atoms with Gasteiger partial charge in [-0.15, -0.1) is 0 Å². The molecule has 0 heterocycles. The summed E-state index contributed by atoms with van der Waals surface area (Å²) in [6, 6.07) is 0. The monoisotopic (exact) mass is 362 g/mol. The summed E-state index contributed by atoms with van der Waals surface area (Å²) >= 11 is 0. The molecule has 0 aromatic heterocycles. The maximum atomic E-state index is 2.34. The normalized spacial score (nSPS) is 11.1. The molecule has 0 amide bonds. The molecule has 0 aromatic rings. The molecule has 0 atom stereocenters. The van der Waals surface area contributed by atoms with Crippen LogP contribution in [0.2, 0.25) is 37.9 Å². The van der Waals surface area contributed by atoms with Crippen LogP contribution in [0.15, 0.2) is 0 Å². The first kappa shape index (κ1) is 26.1. The highest BCUT2D eigenvalue weighted by atomic mass is 14.0. The molecule has 0 fully saturated rings. The number of hydrogen-bond donors (Lipinski definition) is 0. The third-order valence-corrected chi connectivity index (χ3v) is 6.34. The van der Waals surface area contributed by atoms with Gasteiger partial charge in [-0.2, -0.15) is 0 Å². The van der Waals surface area contributed by atoms with Gasteiger partial charge in [-0.1, -0.05) is 156 Å². The van der Waals surface area contributed by atoms with Gasteiger partial charge in [0, 0.05) is 0 Å². The lowest BCUT2D eigenvalue weighted by atomic mass is 9.39. The van der Waals surface area contributed by atoms with E-state index in [4.69, 9.17) is 0 Å². The second kappa shape index (κ2) is 21.4. The summed E-state index contributed by atoms with van der Waals surface area (Å²) in [6.07, 6.45) is 29.3. The minimum Gasteiger partial charge on any atom is -0.0742 e. The van der Waals surface area contributed by atoms with Crippen molar-refractivity contribution < 1.29 is 0 Å². The molecule has 0 spiro atoms. The fourth-order valence-electron chi connectivity index (χ4n) is 4.46. The van der Waals surface area contributed by atoms with Crippen LogP contribution < -0.4 is 0 Å². The Labute approximate surface area is 169 Å². The topological polar surface area (TPSA) is 0 Å². The van der Waals surface area contributed by atoms with E-state index in [1.807, 2.05) is 0 Å². The molecule has 0 radical (unpaired) electrons. The fourth-order valence-corrected chi connectivity index (χ4v) is 4.46. The van der Waals surface area contributed by atoms with Crippen molar-refractivity contribution in [3.63, 3.8) is 0 Å². The Morgan fingerprint density at radius 2 is 0.500 bits per heavy atom. The van der Waals surface area contributed by atoms with Crippen molar-refractivity contribution in [3.8, 4) is 0 Å². The second-order valence-electron chi connectivity index (χ2n) is 9.00. The smallest absolute Gasteiger partial charge is 0.0742 e. The summed E-state index contributed by atoms with van der Waals surface area (Å²) in [5.74, 6) is 0. The Morgan fingerprint density at radius 1 is 0.308 bits per heavy atom. The van der Waals surface area contributed by atoms with Crippen molar-refractivity contribution >= 4 is 13.4 Å². The predicted octanol–water partition coefficient (Wildman–Crippen LogP) is 9.52. The summed E-state index contributed by atoms with van der Waals surface area (Å²) in [7, 11) is 0. The van der Waals surface area contributed by atoms with Crippen LogP contribution in [0, 0.1) is 0 Å². The molecule has 0 aliphatic rings. The molecule has 0 saturated heterocycles. The molecule has 0 N–H and O–H groups in total. The molecule has 0 aliphatic heterocycles. The molecule has 0 bridgehead atoms. The Morgan fingerprint density at radius 3 is 0.692 bits per heavy atom. The highest BCUT2D eigenvalue weighted by Gasteiger charge is 2.15. The maximum Gasteiger partial charge on any atom is 0.139 e. The highest BCUT2D eigenvalue weighted by molar-refractivity contribution is 6.59. The minimum absolute atomic E-state index is 1.03. The molecular formula is C24H52B2. The summed E-state index contributed by atoms with van der Waals surface area (Å²) in [4.78, 5) is 0. The zero-order chi connectivity index (χ0) is 19.3. The average molecular weight is 362 g/mol. The number of rotatable bonds is 21. The van der Waals surface area contributed by atoms with Crippen molar-refractivity contribution in [2.45, 2.75) is 156 Å². The van der Waals surface area contributed by atoms with E-state index < -0.39 is 0 Å². The van der Waals surface area contributed by atoms with Crippen LogP contribution in [0.4, 0.5) is 0 Å². The van der Waals surface area contributed by atoms with E-state index in [-0.39, 0.29) is 0 Å². The van der Waals surface area contributed by atoms with Gasteiger partial charge in [-0.3, -0.25) is 0 Å².